The molecule has 0 spiro atoms. The number of nitrogen functional groups attached to an aromatic ring is 1. The zero-order chi connectivity index (χ0) is 23.1. The minimum absolute atomic E-state index is 0.0874. The molecule has 0 fully saturated rings. The molecule has 0 amide bonds. The van der Waals surface area contributed by atoms with Crippen molar-refractivity contribution in [3.05, 3.63) is 11.9 Å². The molecule has 14 heteroatoms. The minimum atomic E-state index is -3.99. The van der Waals surface area contributed by atoms with Crippen LogP contribution in [-0.4, -0.2) is 75.0 Å². The van der Waals surface area contributed by atoms with E-state index >= 15 is 0 Å². The van der Waals surface area contributed by atoms with Crippen molar-refractivity contribution in [2.75, 3.05) is 37.8 Å². The summed E-state index contributed by atoms with van der Waals surface area (Å²) in [6.07, 6.45) is 2.10. The molecular formula is C18H23N7O6S. The van der Waals surface area contributed by atoms with E-state index in [0.717, 1.165) is 0 Å². The maximum absolute atomic E-state index is 10.7. The Balaban J connectivity index is 1.85. The number of rotatable bonds is 10. The lowest BCUT2D eigenvalue weighted by molar-refractivity contribution is 0.309. The van der Waals surface area contributed by atoms with Gasteiger partial charge in [0.25, 0.3) is 10.1 Å². The highest BCUT2D eigenvalue weighted by Gasteiger charge is 2.23. The van der Waals surface area contributed by atoms with Crippen LogP contribution < -0.4 is 15.8 Å². The van der Waals surface area contributed by atoms with Gasteiger partial charge in [-0.1, -0.05) is 5.92 Å². The van der Waals surface area contributed by atoms with Crippen molar-refractivity contribution in [3.63, 3.8) is 0 Å². The van der Waals surface area contributed by atoms with Gasteiger partial charge < -0.3 is 25.5 Å². The Hall–Kier alpha value is -3.25. The zero-order valence-electron chi connectivity index (χ0n) is 17.3. The average molecular weight is 465 g/mol. The molecule has 0 aliphatic rings. The number of aryl methyl sites for hydroxylation is 1. The molecule has 3 aromatic heterocycles. The Morgan fingerprint density at radius 3 is 2.81 bits per heavy atom. The van der Waals surface area contributed by atoms with Gasteiger partial charge in [-0.15, -0.1) is 0 Å². The summed E-state index contributed by atoms with van der Waals surface area (Å²) in [5, 5.41) is 19.4. The number of anilines is 1. The van der Waals surface area contributed by atoms with Gasteiger partial charge in [0.15, 0.2) is 23.1 Å². The molecule has 13 nitrogen and oxygen atoms in total. The first-order valence-electron chi connectivity index (χ1n) is 9.71. The number of hydrogen-bond donors (Lipinski definition) is 4. The van der Waals surface area contributed by atoms with Gasteiger partial charge in [0, 0.05) is 13.1 Å². The summed E-state index contributed by atoms with van der Waals surface area (Å²) in [7, 11) is -3.99. The number of pyridine rings is 1. The predicted octanol–water partition coefficient (Wildman–Crippen LogP) is -0.326. The summed E-state index contributed by atoms with van der Waals surface area (Å²) in [6.45, 7) is 3.04. The zero-order valence-corrected chi connectivity index (χ0v) is 18.1. The number of aliphatic hydroxyl groups is 1. The fourth-order valence-corrected chi connectivity index (χ4v) is 3.38. The largest absolute Gasteiger partial charge is 0.490 e. The number of ether oxygens (including phenoxy) is 1. The van der Waals surface area contributed by atoms with Gasteiger partial charge in [-0.3, -0.25) is 4.55 Å². The van der Waals surface area contributed by atoms with Gasteiger partial charge in [-0.2, -0.15) is 8.42 Å². The van der Waals surface area contributed by atoms with Gasteiger partial charge in [0.05, 0.1) is 18.6 Å². The van der Waals surface area contributed by atoms with Crippen LogP contribution in [0.5, 0.6) is 5.75 Å². The van der Waals surface area contributed by atoms with Gasteiger partial charge in [0.1, 0.15) is 23.3 Å². The molecule has 3 rings (SSSR count). The van der Waals surface area contributed by atoms with E-state index < -0.39 is 10.1 Å². The summed E-state index contributed by atoms with van der Waals surface area (Å²) in [4.78, 5) is 8.90. The topological polar surface area (TPSA) is 192 Å². The van der Waals surface area contributed by atoms with Gasteiger partial charge >= 0.3 is 0 Å². The van der Waals surface area contributed by atoms with Crippen molar-refractivity contribution in [2.45, 2.75) is 19.9 Å². The lowest BCUT2D eigenvalue weighted by atomic mass is 10.2. The molecule has 0 bridgehead atoms. The standard InChI is InChI=1S/C18H23N7O6S/c1-2-25-16-13(30-9-4-6-20-7-10-32(27,28)29)11-21-12(5-3-8-26)14(16)22-18(25)15-17(19)24-31-23-15/h11,20,26H,2,4,6-10H2,1H3,(H2,19,24)(H,27,28,29). The number of imidazole rings is 1. The first-order chi connectivity index (χ1) is 15.4. The Morgan fingerprint density at radius 1 is 1.34 bits per heavy atom. The van der Waals surface area contributed by atoms with Crippen LogP contribution in [0.1, 0.15) is 19.0 Å². The van der Waals surface area contributed by atoms with Crippen LogP contribution in [0.4, 0.5) is 5.82 Å². The summed E-state index contributed by atoms with van der Waals surface area (Å²) in [6, 6.07) is 0. The van der Waals surface area contributed by atoms with Crippen LogP contribution in [0.15, 0.2) is 10.8 Å². The van der Waals surface area contributed by atoms with Gasteiger partial charge in [-0.05, 0) is 36.1 Å². The smallest absolute Gasteiger partial charge is 0.266 e. The third-order valence-corrected chi connectivity index (χ3v) is 5.08. The van der Waals surface area contributed by atoms with E-state index in [1.165, 1.54) is 6.20 Å². The summed E-state index contributed by atoms with van der Waals surface area (Å²) >= 11 is 0. The highest BCUT2D eigenvalue weighted by atomic mass is 32.2. The Bertz CT molecular complexity index is 1240. The van der Waals surface area contributed by atoms with Crippen molar-refractivity contribution in [2.24, 2.45) is 0 Å². The second-order valence-electron chi connectivity index (χ2n) is 6.54. The summed E-state index contributed by atoms with van der Waals surface area (Å²) < 4.78 is 42.6. The molecule has 3 aromatic rings. The molecule has 0 radical (unpaired) electrons. The number of aromatic nitrogens is 5. The Kier molecular flexibility index (Phi) is 7.59. The molecule has 0 unspecified atom stereocenters. The minimum Gasteiger partial charge on any atom is -0.490 e. The Morgan fingerprint density at radius 2 is 2.16 bits per heavy atom. The van der Waals surface area contributed by atoms with Crippen LogP contribution >= 0.6 is 0 Å². The fourth-order valence-electron chi connectivity index (χ4n) is 2.98. The maximum atomic E-state index is 10.7. The summed E-state index contributed by atoms with van der Waals surface area (Å²) in [5.41, 5.74) is 7.56. The summed E-state index contributed by atoms with van der Waals surface area (Å²) in [5.74, 6) is 5.95. The quantitative estimate of drug-likeness (QED) is 0.173. The third kappa shape index (κ3) is 5.51. The number of fused-ring (bicyclic) bond motifs is 1. The van der Waals surface area contributed by atoms with Crippen LogP contribution in [0, 0.1) is 11.8 Å². The predicted molar refractivity (Wildman–Crippen MR) is 114 cm³/mol. The van der Waals surface area contributed by atoms with E-state index in [1.807, 2.05) is 11.5 Å². The lowest BCUT2D eigenvalue weighted by Gasteiger charge is -2.11. The number of nitrogens with one attached hydrogen (secondary N) is 1. The van der Waals surface area contributed by atoms with E-state index in [-0.39, 0.29) is 30.4 Å². The molecule has 172 valence electrons. The lowest BCUT2D eigenvalue weighted by Crippen LogP contribution is -2.24. The van der Waals surface area contributed by atoms with Crippen molar-refractivity contribution in [1.82, 2.24) is 30.2 Å². The SMILES string of the molecule is CCn1c(-c2nonc2N)nc2c(C#CCO)ncc(OCCCNCCS(=O)(=O)O)c21. The first kappa shape index (κ1) is 23.4. The molecule has 0 saturated carbocycles. The first-order valence-corrected chi connectivity index (χ1v) is 11.3. The monoisotopic (exact) mass is 465 g/mol. The van der Waals surface area contributed by atoms with E-state index in [2.05, 4.69) is 37.4 Å². The molecule has 5 N–H and O–H groups in total. The van der Waals surface area contributed by atoms with Crippen molar-refractivity contribution >= 4 is 27.0 Å². The van der Waals surface area contributed by atoms with Crippen LogP contribution in [0.3, 0.4) is 0 Å². The van der Waals surface area contributed by atoms with Gasteiger partial charge in [-0.25, -0.2) is 14.6 Å². The number of aliphatic hydroxyl groups excluding tert-OH is 1. The number of hydrogen-bond acceptors (Lipinski definition) is 11. The molecule has 0 aliphatic heterocycles. The van der Waals surface area contributed by atoms with Crippen molar-refractivity contribution < 1.29 is 27.4 Å². The molecule has 3 heterocycles. The normalized spacial score (nSPS) is 11.5. The van der Waals surface area contributed by atoms with E-state index in [1.54, 1.807) is 0 Å². The van der Waals surface area contributed by atoms with E-state index in [0.29, 0.717) is 54.4 Å². The van der Waals surface area contributed by atoms with Crippen molar-refractivity contribution in [1.29, 1.82) is 0 Å². The number of nitrogens with two attached hydrogens (primary N) is 1. The average Bonchev–Trinajstić information content (AvgIpc) is 3.34. The molecule has 0 aliphatic carbocycles. The Labute approximate surface area is 183 Å². The number of nitrogens with zero attached hydrogens (tertiary/aromatic N) is 5. The molecule has 0 atom stereocenters. The van der Waals surface area contributed by atoms with Crippen LogP contribution in [0.2, 0.25) is 0 Å². The van der Waals surface area contributed by atoms with Gasteiger partial charge in [0.2, 0.25) is 0 Å². The van der Waals surface area contributed by atoms with E-state index in [9.17, 15) is 8.42 Å². The van der Waals surface area contributed by atoms with Crippen molar-refractivity contribution in [3.8, 4) is 29.1 Å². The molecule has 0 saturated heterocycles. The maximum Gasteiger partial charge on any atom is 0.266 e. The highest BCUT2D eigenvalue weighted by Crippen LogP contribution is 2.33. The van der Waals surface area contributed by atoms with E-state index in [4.69, 9.17) is 24.8 Å². The fraction of sp³-hybridized carbons (Fsp3) is 0.444. The molecular weight excluding hydrogens is 442 g/mol. The van der Waals surface area contributed by atoms with Crippen LogP contribution in [-0.2, 0) is 16.7 Å². The second kappa shape index (κ2) is 10.4. The molecule has 32 heavy (non-hydrogen) atoms. The molecule has 0 aromatic carbocycles. The highest BCUT2D eigenvalue weighted by molar-refractivity contribution is 7.85. The van der Waals surface area contributed by atoms with Crippen LogP contribution in [0.25, 0.3) is 22.6 Å². The third-order valence-electron chi connectivity index (χ3n) is 4.36. The second-order valence-corrected chi connectivity index (χ2v) is 8.12.